The molecule has 0 N–H and O–H groups in total. The molecular weight excluding hydrogens is 1430 g/mol. The monoisotopic (exact) mass is 1530 g/mol. The van der Waals surface area contributed by atoms with E-state index in [1.54, 1.807) is 4.57 Å². The lowest BCUT2D eigenvalue weighted by molar-refractivity contribution is 0.487. The first kappa shape index (κ1) is 63.1. The number of para-hydroxylation sites is 2. The van der Waals surface area contributed by atoms with E-state index in [1.165, 1.54) is 52.6 Å². The zero-order chi connectivity index (χ0) is 85.2. The van der Waals surface area contributed by atoms with Gasteiger partial charge in [0.05, 0.1) is 22.0 Å². The fraction of sp³-hybridized carbons (Fsp3) is 0.0727. The van der Waals surface area contributed by atoms with Crippen LogP contribution in [0.5, 0.6) is 11.5 Å². The zero-order valence-electron chi connectivity index (χ0n) is 73.6. The predicted octanol–water partition coefficient (Wildman–Crippen LogP) is 20.9. The molecule has 0 fully saturated rings. The fourth-order valence-corrected chi connectivity index (χ4v) is 29.3. The van der Waals surface area contributed by atoms with Gasteiger partial charge in [0.1, 0.15) is 11.5 Å². The summed E-state index contributed by atoms with van der Waals surface area (Å²) < 4.78 is 85.0. The highest BCUT2D eigenvalue weighted by Gasteiger charge is 2.53. The molecule has 2 aliphatic rings. The van der Waals surface area contributed by atoms with Gasteiger partial charge in [0.2, 0.25) is 0 Å². The smallest absolute Gasteiger partial charge is 0.256 e. The van der Waals surface area contributed by atoms with Crippen molar-refractivity contribution >= 4 is 120 Å². The van der Waals surface area contributed by atoms with Crippen LogP contribution in [0.15, 0.2) is 418 Å². The fourth-order valence-electron chi connectivity index (χ4n) is 18.5. The molecule has 0 bridgehead atoms. The molecule has 17 aromatic carbocycles. The lowest BCUT2D eigenvalue weighted by atomic mass is 9.34. The van der Waals surface area contributed by atoms with E-state index in [0.717, 1.165) is 89.1 Å². The quantitative estimate of drug-likeness (QED) is 0.0752. The average molecular weight is 1530 g/mol. The molecule has 0 saturated heterocycles. The van der Waals surface area contributed by atoms with E-state index < -0.39 is 59.1 Å². The average Bonchev–Trinajstić information content (AvgIpc) is 1.45. The third-order valence-corrected chi connectivity index (χ3v) is 33.9. The molecular formula is C110H87BN2OSi2. The van der Waals surface area contributed by atoms with Crippen molar-refractivity contribution in [1.29, 1.82) is 0 Å². The van der Waals surface area contributed by atoms with Crippen LogP contribution in [0, 0.1) is 0 Å². The third-order valence-electron chi connectivity index (χ3n) is 24.0. The highest BCUT2D eigenvalue weighted by atomic mass is 28.3. The van der Waals surface area contributed by atoms with Crippen LogP contribution in [0.25, 0.3) is 83.1 Å². The first-order valence-corrected chi connectivity index (χ1v) is 44.1. The number of nitrogens with zero attached hydrogens (tertiary/aromatic N) is 2. The molecule has 554 valence electrons. The van der Waals surface area contributed by atoms with Crippen molar-refractivity contribution in [2.45, 2.75) is 52.4 Å². The SMILES string of the molecule is [2H]c1c([2H])c([2H])c2c(c1[2H])c1c([2H])c([2H])c([2H])c([2H])c1n2-c1ccc2c(c1)Oc1cc(-c3cc(C(C)(C)C)cc(C(C)(C)C)c3)cc3c1B2c1cc([Si](c2ccccc2)(c2ccccc2)c2cccc(-c4ccccc4)c2)c([Si](c2ccccc2)(c2ccccc2)c2cccc(-c4ccccc4)c2)cc1N3c1cc(-c2ccccc2)cc(-c2ccccc2)c1. The minimum absolute atomic E-state index is 0.00835. The lowest BCUT2D eigenvalue weighted by Gasteiger charge is -2.46. The summed E-state index contributed by atoms with van der Waals surface area (Å²) in [5, 5.41) is 9.49. The summed E-state index contributed by atoms with van der Waals surface area (Å²) >= 11 is 0. The molecule has 2 aliphatic heterocycles. The maximum Gasteiger partial charge on any atom is 0.256 e. The van der Waals surface area contributed by atoms with Crippen molar-refractivity contribution in [2.75, 3.05) is 4.90 Å². The Kier molecular flexibility index (Phi) is 15.7. The van der Waals surface area contributed by atoms with Crippen molar-refractivity contribution in [3.63, 3.8) is 0 Å². The van der Waals surface area contributed by atoms with Gasteiger partial charge in [0.25, 0.3) is 6.71 Å². The largest absolute Gasteiger partial charge is 0.458 e. The molecule has 0 amide bonds. The molecule has 1 aromatic heterocycles. The molecule has 0 atom stereocenters. The van der Waals surface area contributed by atoms with E-state index in [0.29, 0.717) is 17.2 Å². The summed E-state index contributed by atoms with van der Waals surface area (Å²) in [5.41, 5.74) is 18.2. The summed E-state index contributed by atoms with van der Waals surface area (Å²) in [6, 6.07) is 134. The number of benzene rings is 17. The van der Waals surface area contributed by atoms with Gasteiger partial charge in [-0.05, 0) is 190 Å². The molecule has 0 aliphatic carbocycles. The van der Waals surface area contributed by atoms with Crippen LogP contribution in [0.2, 0.25) is 0 Å². The molecule has 0 spiro atoms. The van der Waals surface area contributed by atoms with Crippen molar-refractivity contribution in [2.24, 2.45) is 0 Å². The number of fused-ring (bicyclic) bond motifs is 7. The highest BCUT2D eigenvalue weighted by molar-refractivity contribution is 7.27. The second-order valence-corrected chi connectivity index (χ2v) is 40.4. The van der Waals surface area contributed by atoms with E-state index in [9.17, 15) is 8.22 Å². The number of hydrogen-bond acceptors (Lipinski definition) is 2. The Bertz CT molecular complexity index is 7010. The highest BCUT2D eigenvalue weighted by Crippen LogP contribution is 2.47. The Morgan fingerprint density at radius 3 is 1.10 bits per heavy atom. The maximum atomic E-state index is 9.81. The van der Waals surface area contributed by atoms with Crippen molar-refractivity contribution in [3.05, 3.63) is 430 Å². The van der Waals surface area contributed by atoms with E-state index in [2.05, 4.69) is 404 Å². The summed E-state index contributed by atoms with van der Waals surface area (Å²) in [4.78, 5) is 2.57. The molecule has 3 heterocycles. The Hall–Kier alpha value is -13.4. The van der Waals surface area contributed by atoms with Crippen LogP contribution in [0.4, 0.5) is 17.1 Å². The Morgan fingerprint density at radius 2 is 0.664 bits per heavy atom. The molecule has 20 rings (SSSR count). The minimum atomic E-state index is -3.96. The molecule has 116 heavy (non-hydrogen) atoms. The van der Waals surface area contributed by atoms with Crippen molar-refractivity contribution in [3.8, 4) is 72.8 Å². The lowest BCUT2D eigenvalue weighted by Crippen LogP contribution is -2.85. The van der Waals surface area contributed by atoms with Crippen LogP contribution in [0.3, 0.4) is 0 Å². The van der Waals surface area contributed by atoms with Crippen LogP contribution >= 0.6 is 0 Å². The number of aromatic nitrogens is 1. The third kappa shape index (κ3) is 12.2. The number of anilines is 3. The first-order chi connectivity index (χ1) is 60.1. The van der Waals surface area contributed by atoms with E-state index in [4.69, 9.17) is 7.48 Å². The zero-order valence-corrected chi connectivity index (χ0v) is 67.6. The second kappa shape index (κ2) is 28.9. The van der Waals surface area contributed by atoms with Crippen molar-refractivity contribution in [1.82, 2.24) is 4.57 Å². The number of ether oxygens (including phenoxy) is 1. The Labute approximate surface area is 695 Å². The molecule has 18 aromatic rings. The molecule has 0 saturated carbocycles. The van der Waals surface area contributed by atoms with Gasteiger partial charge in [0.15, 0.2) is 16.1 Å². The van der Waals surface area contributed by atoms with E-state index in [-0.39, 0.29) is 44.7 Å². The van der Waals surface area contributed by atoms with Crippen molar-refractivity contribution < 1.29 is 15.7 Å². The Morgan fingerprint density at radius 1 is 0.284 bits per heavy atom. The van der Waals surface area contributed by atoms with Crippen LogP contribution in [-0.4, -0.2) is 27.4 Å². The van der Waals surface area contributed by atoms with Gasteiger partial charge in [-0.3, -0.25) is 0 Å². The molecule has 3 nitrogen and oxygen atoms in total. The van der Waals surface area contributed by atoms with Crippen LogP contribution in [-0.2, 0) is 10.8 Å². The normalized spacial score (nSPS) is 13.6. The summed E-state index contributed by atoms with van der Waals surface area (Å²) in [6.07, 6.45) is 0. The standard InChI is InChI=1S/C110H87BN2OSi2/c1-109(2,3)86-64-84(65-87(72-86)110(4,5)6)85-70-103-108-105(71-85)114-104-73-88(112-100-59-33-31-57-96(100)97-58-32-34-60-101(97)112)61-62-98(104)111(108)99-74-106(115(90-47-23-11-24-48-90,91-49-25-12-26-50-91)94-55-35-45-80(68-94)76-37-15-7-16-38-76)107(75-102(99)113(103)89-66-82(78-41-19-9-20-42-78)63-83(67-89)79-43-21-10-22-44-79)116(92-51-27-13-28-52-92,93-53-29-14-30-54-93)95-56-36-46-81(69-95)77-39-17-8-18-40-77/h7-75H,1-6H3/i31D,32D,33D,34D,57D,58D,59D,60D. The number of rotatable bonds is 15. The minimum Gasteiger partial charge on any atom is -0.458 e. The van der Waals surface area contributed by atoms with E-state index in [1.807, 2.05) is 12.1 Å². The van der Waals surface area contributed by atoms with Gasteiger partial charge in [-0.15, -0.1) is 0 Å². The predicted molar refractivity (Wildman–Crippen MR) is 498 cm³/mol. The molecule has 6 heteroatoms. The van der Waals surface area contributed by atoms with Gasteiger partial charge in [0, 0.05) is 39.6 Å². The van der Waals surface area contributed by atoms with Crippen LogP contribution < -0.4 is 67.5 Å². The maximum absolute atomic E-state index is 9.81. The molecule has 0 unspecified atom stereocenters. The molecule has 0 radical (unpaired) electrons. The first-order valence-electron chi connectivity index (χ1n) is 44.1. The number of hydrogen-bond donors (Lipinski definition) is 0. The summed E-state index contributed by atoms with van der Waals surface area (Å²) in [6.45, 7) is 13.0. The van der Waals surface area contributed by atoms with E-state index >= 15 is 0 Å². The van der Waals surface area contributed by atoms with Gasteiger partial charge in [-0.25, -0.2) is 0 Å². The van der Waals surface area contributed by atoms with Gasteiger partial charge < -0.3 is 14.2 Å². The van der Waals surface area contributed by atoms with Gasteiger partial charge in [-0.2, -0.15) is 0 Å². The topological polar surface area (TPSA) is 17.4 Å². The summed E-state index contributed by atoms with van der Waals surface area (Å²) in [7, 11) is -7.91. The van der Waals surface area contributed by atoms with Gasteiger partial charge >= 0.3 is 0 Å². The van der Waals surface area contributed by atoms with Gasteiger partial charge in [-0.1, -0.05) is 399 Å². The Balaban J connectivity index is 1.02. The second-order valence-electron chi connectivity index (χ2n) is 32.9. The van der Waals surface area contributed by atoms with Crippen LogP contribution in [0.1, 0.15) is 63.6 Å². The summed E-state index contributed by atoms with van der Waals surface area (Å²) in [5.74, 6) is 1.05.